The van der Waals surface area contributed by atoms with Crippen molar-refractivity contribution in [3.63, 3.8) is 0 Å². The van der Waals surface area contributed by atoms with Crippen molar-refractivity contribution >= 4 is 12.4 Å². The van der Waals surface area contributed by atoms with Gasteiger partial charge in [-0.15, -0.1) is 12.4 Å². The molecule has 3 unspecified atom stereocenters. The summed E-state index contributed by atoms with van der Waals surface area (Å²) in [5.41, 5.74) is 7.28. The summed E-state index contributed by atoms with van der Waals surface area (Å²) in [7, 11) is 0. The van der Waals surface area contributed by atoms with E-state index < -0.39 is 0 Å². The molecule has 1 fully saturated rings. The number of rotatable bonds is 19. The molecule has 0 spiro atoms. The molecule has 1 saturated carbocycles. The second-order valence-corrected chi connectivity index (χ2v) is 10.3. The van der Waals surface area contributed by atoms with Crippen LogP contribution >= 0.6 is 12.4 Å². The van der Waals surface area contributed by atoms with Gasteiger partial charge in [0.1, 0.15) is 0 Å². The summed E-state index contributed by atoms with van der Waals surface area (Å²) in [6, 6.07) is 0.444. The van der Waals surface area contributed by atoms with Crippen LogP contribution < -0.4 is 5.73 Å². The van der Waals surface area contributed by atoms with Gasteiger partial charge in [-0.05, 0) is 37.0 Å². The molecule has 0 saturated heterocycles. The van der Waals surface area contributed by atoms with Gasteiger partial charge in [0, 0.05) is 6.04 Å². The molecule has 0 aromatic heterocycles. The average Bonchev–Trinajstić information content (AvgIpc) is 2.76. The quantitative estimate of drug-likeness (QED) is 0.197. The molecule has 0 aromatic carbocycles. The molecule has 0 amide bonds. The Hall–Kier alpha value is 0.250. The van der Waals surface area contributed by atoms with Gasteiger partial charge in [0.25, 0.3) is 0 Å². The Morgan fingerprint density at radius 3 is 1.60 bits per heavy atom. The molecular formula is C28H58ClN. The molecule has 0 radical (unpaired) electrons. The van der Waals surface area contributed by atoms with E-state index in [1.165, 1.54) is 141 Å². The Morgan fingerprint density at radius 2 is 1.17 bits per heavy atom. The van der Waals surface area contributed by atoms with E-state index in [4.69, 9.17) is 5.73 Å². The zero-order valence-corrected chi connectivity index (χ0v) is 22.0. The average molecular weight is 444 g/mol. The lowest BCUT2D eigenvalue weighted by atomic mass is 9.59. The van der Waals surface area contributed by atoms with Crippen molar-refractivity contribution in [3.05, 3.63) is 0 Å². The normalized spacial score (nSPS) is 22.6. The highest BCUT2D eigenvalue weighted by atomic mass is 35.5. The van der Waals surface area contributed by atoms with Crippen LogP contribution in [0.3, 0.4) is 0 Å². The molecule has 30 heavy (non-hydrogen) atoms. The number of hydrogen-bond acceptors (Lipinski definition) is 1. The molecule has 0 bridgehead atoms. The maximum absolute atomic E-state index is 6.81. The Labute approximate surface area is 197 Å². The van der Waals surface area contributed by atoms with Crippen molar-refractivity contribution in [2.75, 3.05) is 0 Å². The van der Waals surface area contributed by atoms with Gasteiger partial charge in [-0.3, -0.25) is 0 Å². The number of halogens is 1. The maximum atomic E-state index is 6.81. The summed E-state index contributed by atoms with van der Waals surface area (Å²) in [6.07, 6.45) is 31.2. The van der Waals surface area contributed by atoms with E-state index in [0.717, 1.165) is 5.92 Å². The van der Waals surface area contributed by atoms with Crippen LogP contribution in [-0.2, 0) is 0 Å². The van der Waals surface area contributed by atoms with Crippen LogP contribution in [-0.4, -0.2) is 6.04 Å². The first-order valence-corrected chi connectivity index (χ1v) is 14.0. The zero-order chi connectivity index (χ0) is 21.2. The minimum absolute atomic E-state index is 0. The molecule has 2 heteroatoms. The van der Waals surface area contributed by atoms with Crippen LogP contribution in [0.15, 0.2) is 0 Å². The van der Waals surface area contributed by atoms with Gasteiger partial charge in [0.2, 0.25) is 0 Å². The molecule has 0 heterocycles. The van der Waals surface area contributed by atoms with Crippen molar-refractivity contribution in [3.8, 4) is 0 Å². The summed E-state index contributed by atoms with van der Waals surface area (Å²) >= 11 is 0. The Kier molecular flexibility index (Phi) is 20.1. The SMILES string of the molecule is CCCCCCCCCCCCCCCCCC(N)C1(CC)CCCCC1CC.Cl. The minimum atomic E-state index is 0. The standard InChI is InChI=1S/C28H57N.ClH/c1-4-7-8-9-10-11-12-13-14-15-16-17-18-19-20-24-27(29)28(6-3)25-22-21-23-26(28)5-2;/h26-27H,4-25,29H2,1-3H3;1H. The lowest BCUT2D eigenvalue weighted by Gasteiger charge is -2.48. The van der Waals surface area contributed by atoms with E-state index in [0.29, 0.717) is 11.5 Å². The van der Waals surface area contributed by atoms with E-state index in [1.807, 2.05) is 0 Å². The Morgan fingerprint density at radius 1 is 0.700 bits per heavy atom. The second kappa shape index (κ2) is 19.9. The van der Waals surface area contributed by atoms with Crippen LogP contribution in [0.25, 0.3) is 0 Å². The second-order valence-electron chi connectivity index (χ2n) is 10.3. The predicted octanol–water partition coefficient (Wildman–Crippen LogP) is 9.99. The molecule has 1 aliphatic rings. The van der Waals surface area contributed by atoms with Gasteiger partial charge in [-0.1, -0.05) is 136 Å². The van der Waals surface area contributed by atoms with Crippen molar-refractivity contribution < 1.29 is 0 Å². The third kappa shape index (κ3) is 11.8. The van der Waals surface area contributed by atoms with Crippen LogP contribution in [0, 0.1) is 11.3 Å². The minimum Gasteiger partial charge on any atom is -0.327 e. The van der Waals surface area contributed by atoms with E-state index >= 15 is 0 Å². The lowest BCUT2D eigenvalue weighted by molar-refractivity contribution is 0.0494. The Bertz CT molecular complexity index is 359. The zero-order valence-electron chi connectivity index (χ0n) is 21.2. The number of hydrogen-bond donors (Lipinski definition) is 1. The van der Waals surface area contributed by atoms with Gasteiger partial charge in [0.15, 0.2) is 0 Å². The molecule has 1 aliphatic carbocycles. The molecule has 1 rings (SSSR count). The van der Waals surface area contributed by atoms with Gasteiger partial charge < -0.3 is 5.73 Å². The summed E-state index contributed by atoms with van der Waals surface area (Å²) in [5.74, 6) is 0.882. The van der Waals surface area contributed by atoms with Crippen LogP contribution in [0.1, 0.15) is 162 Å². The van der Waals surface area contributed by atoms with Crippen LogP contribution in [0.4, 0.5) is 0 Å². The van der Waals surface area contributed by atoms with Crippen molar-refractivity contribution in [2.24, 2.45) is 17.1 Å². The van der Waals surface area contributed by atoms with Gasteiger partial charge in [-0.2, -0.15) is 0 Å². The fraction of sp³-hybridized carbons (Fsp3) is 1.00. The Balaban J connectivity index is 0.00000841. The first kappa shape index (κ1) is 30.2. The molecule has 3 atom stereocenters. The molecule has 182 valence electrons. The lowest BCUT2D eigenvalue weighted by Crippen LogP contribution is -2.48. The first-order valence-electron chi connectivity index (χ1n) is 14.0. The predicted molar refractivity (Wildman–Crippen MR) is 140 cm³/mol. The van der Waals surface area contributed by atoms with Crippen LogP contribution in [0.2, 0.25) is 0 Å². The molecule has 2 N–H and O–H groups in total. The molecule has 0 aromatic rings. The third-order valence-corrected chi connectivity index (χ3v) is 8.27. The highest BCUT2D eigenvalue weighted by molar-refractivity contribution is 5.85. The highest BCUT2D eigenvalue weighted by Gasteiger charge is 2.42. The highest BCUT2D eigenvalue weighted by Crippen LogP contribution is 2.48. The molecule has 1 nitrogen and oxygen atoms in total. The van der Waals surface area contributed by atoms with Crippen molar-refractivity contribution in [1.82, 2.24) is 0 Å². The van der Waals surface area contributed by atoms with Gasteiger partial charge in [0.05, 0.1) is 0 Å². The maximum Gasteiger partial charge on any atom is 0.00981 e. The number of unbranched alkanes of at least 4 members (excludes halogenated alkanes) is 14. The third-order valence-electron chi connectivity index (χ3n) is 8.27. The molecule has 0 aliphatic heterocycles. The first-order chi connectivity index (χ1) is 14.2. The topological polar surface area (TPSA) is 26.0 Å². The van der Waals surface area contributed by atoms with E-state index in [2.05, 4.69) is 20.8 Å². The summed E-state index contributed by atoms with van der Waals surface area (Å²) in [6.45, 7) is 7.09. The smallest absolute Gasteiger partial charge is 0.00981 e. The molecular weight excluding hydrogens is 386 g/mol. The largest absolute Gasteiger partial charge is 0.327 e. The monoisotopic (exact) mass is 443 g/mol. The van der Waals surface area contributed by atoms with E-state index in [9.17, 15) is 0 Å². The van der Waals surface area contributed by atoms with E-state index in [-0.39, 0.29) is 12.4 Å². The van der Waals surface area contributed by atoms with Gasteiger partial charge in [-0.25, -0.2) is 0 Å². The van der Waals surface area contributed by atoms with Crippen molar-refractivity contribution in [2.45, 2.75) is 168 Å². The van der Waals surface area contributed by atoms with Crippen molar-refractivity contribution in [1.29, 1.82) is 0 Å². The van der Waals surface area contributed by atoms with Crippen LogP contribution in [0.5, 0.6) is 0 Å². The van der Waals surface area contributed by atoms with Gasteiger partial charge >= 0.3 is 0 Å². The fourth-order valence-corrected chi connectivity index (χ4v) is 6.19. The fourth-order valence-electron chi connectivity index (χ4n) is 6.19. The van der Waals surface area contributed by atoms with E-state index in [1.54, 1.807) is 0 Å². The summed E-state index contributed by atoms with van der Waals surface area (Å²) in [4.78, 5) is 0. The number of nitrogens with two attached hydrogens (primary N) is 1. The summed E-state index contributed by atoms with van der Waals surface area (Å²) < 4.78 is 0. The summed E-state index contributed by atoms with van der Waals surface area (Å²) in [5, 5.41) is 0.